The van der Waals surface area contributed by atoms with E-state index in [-0.39, 0.29) is 5.91 Å². The van der Waals surface area contributed by atoms with E-state index in [1.165, 1.54) is 0 Å². The van der Waals surface area contributed by atoms with Crippen LogP contribution in [0.2, 0.25) is 0 Å². The zero-order valence-electron chi connectivity index (χ0n) is 9.95. The van der Waals surface area contributed by atoms with Gasteiger partial charge in [0.05, 0.1) is 12.2 Å². The summed E-state index contributed by atoms with van der Waals surface area (Å²) in [6.07, 6.45) is 0. The SMILES string of the molecule is CCNC(=S)NC(=O)c1ccccc1OCC. The summed E-state index contributed by atoms with van der Waals surface area (Å²) in [7, 11) is 0. The largest absolute Gasteiger partial charge is 0.493 e. The number of para-hydroxylation sites is 1. The van der Waals surface area contributed by atoms with E-state index in [0.29, 0.717) is 29.6 Å². The Morgan fingerprint density at radius 1 is 1.35 bits per heavy atom. The van der Waals surface area contributed by atoms with Crippen molar-refractivity contribution < 1.29 is 9.53 Å². The minimum atomic E-state index is -0.264. The van der Waals surface area contributed by atoms with Crippen LogP contribution in [0.3, 0.4) is 0 Å². The molecule has 1 amide bonds. The summed E-state index contributed by atoms with van der Waals surface area (Å²) in [5, 5.41) is 5.78. The predicted molar refractivity (Wildman–Crippen MR) is 71.4 cm³/mol. The van der Waals surface area contributed by atoms with Crippen LogP contribution in [0.25, 0.3) is 0 Å². The average molecular weight is 252 g/mol. The van der Waals surface area contributed by atoms with E-state index in [2.05, 4.69) is 10.6 Å². The fraction of sp³-hybridized carbons (Fsp3) is 0.333. The summed E-state index contributed by atoms with van der Waals surface area (Å²) in [5.41, 5.74) is 0.481. The third kappa shape index (κ3) is 4.03. The zero-order chi connectivity index (χ0) is 12.7. The second-order valence-corrected chi connectivity index (χ2v) is 3.65. The quantitative estimate of drug-likeness (QED) is 0.801. The van der Waals surface area contributed by atoms with Crippen molar-refractivity contribution in [1.82, 2.24) is 10.6 Å². The number of carbonyl (C=O) groups excluding carboxylic acids is 1. The van der Waals surface area contributed by atoms with E-state index in [0.717, 1.165) is 0 Å². The maximum Gasteiger partial charge on any atom is 0.261 e. The number of carbonyl (C=O) groups is 1. The molecule has 0 saturated heterocycles. The minimum Gasteiger partial charge on any atom is -0.493 e. The van der Waals surface area contributed by atoms with E-state index in [1.54, 1.807) is 18.2 Å². The van der Waals surface area contributed by atoms with Gasteiger partial charge in [0.1, 0.15) is 5.75 Å². The van der Waals surface area contributed by atoms with Crippen molar-refractivity contribution in [3.05, 3.63) is 29.8 Å². The van der Waals surface area contributed by atoms with E-state index in [9.17, 15) is 4.79 Å². The molecule has 0 saturated carbocycles. The molecule has 4 nitrogen and oxygen atoms in total. The van der Waals surface area contributed by atoms with Gasteiger partial charge in [-0.2, -0.15) is 0 Å². The van der Waals surface area contributed by atoms with Gasteiger partial charge in [-0.3, -0.25) is 10.1 Å². The second-order valence-electron chi connectivity index (χ2n) is 3.24. The molecule has 0 aliphatic heterocycles. The number of rotatable bonds is 4. The van der Waals surface area contributed by atoms with Gasteiger partial charge in [-0.15, -0.1) is 0 Å². The van der Waals surface area contributed by atoms with Crippen molar-refractivity contribution in [1.29, 1.82) is 0 Å². The minimum absolute atomic E-state index is 0.264. The number of thiocarbonyl (C=S) groups is 1. The van der Waals surface area contributed by atoms with Crippen molar-refractivity contribution in [2.45, 2.75) is 13.8 Å². The van der Waals surface area contributed by atoms with Gasteiger partial charge in [0.25, 0.3) is 5.91 Å². The van der Waals surface area contributed by atoms with Gasteiger partial charge in [-0.05, 0) is 38.2 Å². The van der Waals surface area contributed by atoms with Gasteiger partial charge >= 0.3 is 0 Å². The third-order valence-corrected chi connectivity index (χ3v) is 2.24. The van der Waals surface area contributed by atoms with Crippen LogP contribution in [0, 0.1) is 0 Å². The normalized spacial score (nSPS) is 9.53. The van der Waals surface area contributed by atoms with Gasteiger partial charge in [0.15, 0.2) is 5.11 Å². The standard InChI is InChI=1S/C12H16N2O2S/c1-3-13-12(17)14-11(15)9-7-5-6-8-10(9)16-4-2/h5-8H,3-4H2,1-2H3,(H2,13,14,15,17). The molecule has 0 spiro atoms. The van der Waals surface area contributed by atoms with Crippen LogP contribution >= 0.6 is 12.2 Å². The van der Waals surface area contributed by atoms with Crippen LogP contribution < -0.4 is 15.4 Å². The highest BCUT2D eigenvalue weighted by Gasteiger charge is 2.12. The first-order valence-electron chi connectivity index (χ1n) is 5.50. The summed E-state index contributed by atoms with van der Waals surface area (Å²) >= 11 is 4.95. The molecule has 0 atom stereocenters. The van der Waals surface area contributed by atoms with Crippen LogP contribution in [0.15, 0.2) is 24.3 Å². The first-order chi connectivity index (χ1) is 8.19. The number of hydrogen-bond acceptors (Lipinski definition) is 3. The third-order valence-electron chi connectivity index (χ3n) is 2.00. The summed E-state index contributed by atoms with van der Waals surface area (Å²) in [4.78, 5) is 11.9. The van der Waals surface area contributed by atoms with E-state index in [1.807, 2.05) is 19.9 Å². The molecule has 0 bridgehead atoms. The fourth-order valence-corrected chi connectivity index (χ4v) is 1.55. The van der Waals surface area contributed by atoms with Gasteiger partial charge in [0.2, 0.25) is 0 Å². The molecule has 92 valence electrons. The molecule has 0 heterocycles. The molecule has 1 aromatic carbocycles. The molecule has 0 radical (unpaired) electrons. The second kappa shape index (κ2) is 6.85. The molecular formula is C12H16N2O2S. The highest BCUT2D eigenvalue weighted by atomic mass is 32.1. The maximum absolute atomic E-state index is 11.9. The van der Waals surface area contributed by atoms with E-state index < -0.39 is 0 Å². The molecule has 1 rings (SSSR count). The Kier molecular flexibility index (Phi) is 5.42. The molecule has 2 N–H and O–H groups in total. The van der Waals surface area contributed by atoms with Crippen molar-refractivity contribution in [2.24, 2.45) is 0 Å². The number of nitrogens with one attached hydrogen (secondary N) is 2. The van der Waals surface area contributed by atoms with Gasteiger partial charge < -0.3 is 10.1 Å². The van der Waals surface area contributed by atoms with Crippen molar-refractivity contribution in [3.8, 4) is 5.75 Å². The van der Waals surface area contributed by atoms with Gasteiger partial charge in [-0.25, -0.2) is 0 Å². The lowest BCUT2D eigenvalue weighted by atomic mass is 10.2. The topological polar surface area (TPSA) is 50.4 Å². The monoisotopic (exact) mass is 252 g/mol. The lowest BCUT2D eigenvalue weighted by Gasteiger charge is -2.11. The van der Waals surface area contributed by atoms with E-state index in [4.69, 9.17) is 17.0 Å². The predicted octanol–water partition coefficient (Wildman–Crippen LogP) is 1.71. The summed E-state index contributed by atoms with van der Waals surface area (Å²) in [5.74, 6) is 0.298. The lowest BCUT2D eigenvalue weighted by molar-refractivity contribution is 0.0973. The molecule has 5 heteroatoms. The van der Waals surface area contributed by atoms with Crippen molar-refractivity contribution in [2.75, 3.05) is 13.2 Å². The Balaban J connectivity index is 2.77. The van der Waals surface area contributed by atoms with Crippen molar-refractivity contribution >= 4 is 23.2 Å². The number of hydrogen-bond donors (Lipinski definition) is 2. The molecule has 0 fully saturated rings. The Morgan fingerprint density at radius 3 is 2.71 bits per heavy atom. The summed E-state index contributed by atoms with van der Waals surface area (Å²) in [6, 6.07) is 7.07. The van der Waals surface area contributed by atoms with Crippen LogP contribution in [0.1, 0.15) is 24.2 Å². The molecule has 17 heavy (non-hydrogen) atoms. The average Bonchev–Trinajstić information content (AvgIpc) is 2.30. The van der Waals surface area contributed by atoms with Crippen LogP contribution in [0.4, 0.5) is 0 Å². The highest BCUT2D eigenvalue weighted by molar-refractivity contribution is 7.80. The van der Waals surface area contributed by atoms with Gasteiger partial charge in [0, 0.05) is 6.54 Å². The van der Waals surface area contributed by atoms with Crippen LogP contribution in [-0.2, 0) is 0 Å². The molecule has 0 aromatic heterocycles. The molecular weight excluding hydrogens is 236 g/mol. The lowest BCUT2D eigenvalue weighted by Crippen LogP contribution is -2.39. The number of benzene rings is 1. The van der Waals surface area contributed by atoms with Crippen LogP contribution in [0.5, 0.6) is 5.75 Å². The number of ether oxygens (including phenoxy) is 1. The Hall–Kier alpha value is -1.62. The molecule has 0 unspecified atom stereocenters. The van der Waals surface area contributed by atoms with Crippen molar-refractivity contribution in [3.63, 3.8) is 0 Å². The first kappa shape index (κ1) is 13.4. The van der Waals surface area contributed by atoms with Crippen LogP contribution in [-0.4, -0.2) is 24.2 Å². The van der Waals surface area contributed by atoms with E-state index >= 15 is 0 Å². The molecule has 0 aliphatic carbocycles. The number of amides is 1. The first-order valence-corrected chi connectivity index (χ1v) is 5.90. The highest BCUT2D eigenvalue weighted by Crippen LogP contribution is 2.17. The summed E-state index contributed by atoms with van der Waals surface area (Å²) in [6.45, 7) is 4.97. The zero-order valence-corrected chi connectivity index (χ0v) is 10.8. The Labute approximate surface area is 106 Å². The Morgan fingerprint density at radius 2 is 2.06 bits per heavy atom. The maximum atomic E-state index is 11.9. The smallest absolute Gasteiger partial charge is 0.261 e. The summed E-state index contributed by atoms with van der Waals surface area (Å²) < 4.78 is 5.38. The molecule has 0 aliphatic rings. The Bertz CT molecular complexity index is 407. The van der Waals surface area contributed by atoms with Gasteiger partial charge in [-0.1, -0.05) is 12.1 Å². The molecule has 1 aromatic rings. The fourth-order valence-electron chi connectivity index (χ4n) is 1.31.